The van der Waals surface area contributed by atoms with Gasteiger partial charge in [0.1, 0.15) is 11.5 Å². The molecule has 2 N–H and O–H groups in total. The molecule has 0 aliphatic carbocycles. The van der Waals surface area contributed by atoms with E-state index in [1.165, 1.54) is 19.2 Å². The second kappa shape index (κ2) is 7.11. The highest BCUT2D eigenvalue weighted by Crippen LogP contribution is 2.22. The Kier molecular flexibility index (Phi) is 5.78. The molecule has 0 aromatic heterocycles. The van der Waals surface area contributed by atoms with Gasteiger partial charge in [-0.1, -0.05) is 0 Å². The van der Waals surface area contributed by atoms with Gasteiger partial charge in [0, 0.05) is 11.9 Å². The monoisotopic (exact) mass is 271 g/mol. The number of amides is 1. The number of benzene rings is 1. The van der Waals surface area contributed by atoms with Crippen LogP contribution in [-0.2, 0) is 0 Å². The normalized spacial score (nSPS) is 11.9. The number of carbonyl (C=O) groups is 1. The molecule has 1 rings (SSSR count). The highest BCUT2D eigenvalue weighted by molar-refractivity contribution is 6.20. The first kappa shape index (κ1) is 14.6. The Morgan fingerprint density at radius 2 is 2.28 bits per heavy atom. The summed E-state index contributed by atoms with van der Waals surface area (Å²) in [5.41, 5.74) is 0.216. The van der Waals surface area contributed by atoms with Gasteiger partial charge in [-0.25, -0.2) is 0 Å². The zero-order valence-electron chi connectivity index (χ0n) is 10.6. The molecular weight excluding hydrogens is 254 g/mol. The van der Waals surface area contributed by atoms with Crippen molar-refractivity contribution in [3.63, 3.8) is 0 Å². The number of hydrogen-bond donors (Lipinski definition) is 2. The lowest BCUT2D eigenvalue weighted by Crippen LogP contribution is -2.24. The number of halogens is 1. The molecule has 5 heteroatoms. The van der Waals surface area contributed by atoms with Gasteiger partial charge < -0.3 is 15.2 Å². The summed E-state index contributed by atoms with van der Waals surface area (Å²) < 4.78 is 5.01. The van der Waals surface area contributed by atoms with Crippen LogP contribution in [0, 0.1) is 0 Å². The minimum absolute atomic E-state index is 0.0565. The predicted molar refractivity (Wildman–Crippen MR) is 71.5 cm³/mol. The van der Waals surface area contributed by atoms with Crippen molar-refractivity contribution >= 4 is 17.5 Å². The summed E-state index contributed by atoms with van der Waals surface area (Å²) in [6.07, 6.45) is 1.65. The zero-order chi connectivity index (χ0) is 13.5. The average Bonchev–Trinajstić information content (AvgIpc) is 2.34. The lowest BCUT2D eigenvalue weighted by molar-refractivity contribution is 0.0950. The Hall–Kier alpha value is -1.42. The number of rotatable bonds is 6. The van der Waals surface area contributed by atoms with Crippen LogP contribution in [0.5, 0.6) is 11.5 Å². The number of aromatic hydroxyl groups is 1. The van der Waals surface area contributed by atoms with E-state index >= 15 is 0 Å². The van der Waals surface area contributed by atoms with Crippen LogP contribution in [0.4, 0.5) is 0 Å². The number of ether oxygens (including phenoxy) is 1. The number of methoxy groups -OCH3 is 1. The van der Waals surface area contributed by atoms with Gasteiger partial charge in [0.15, 0.2) is 0 Å². The van der Waals surface area contributed by atoms with Gasteiger partial charge in [0.25, 0.3) is 5.91 Å². The van der Waals surface area contributed by atoms with Gasteiger partial charge in [-0.05, 0) is 38.0 Å². The summed E-state index contributed by atoms with van der Waals surface area (Å²) in [7, 11) is 1.51. The number of nitrogens with one attached hydrogen (secondary N) is 1. The van der Waals surface area contributed by atoms with Gasteiger partial charge >= 0.3 is 0 Å². The fourth-order valence-electron chi connectivity index (χ4n) is 1.50. The van der Waals surface area contributed by atoms with Crippen LogP contribution in [-0.4, -0.2) is 30.0 Å². The summed E-state index contributed by atoms with van der Waals surface area (Å²) in [6, 6.07) is 4.55. The highest BCUT2D eigenvalue weighted by Gasteiger charge is 2.11. The maximum Gasteiger partial charge on any atom is 0.255 e. The fraction of sp³-hybridized carbons (Fsp3) is 0.462. The summed E-state index contributed by atoms with van der Waals surface area (Å²) in [5.74, 6) is 0.167. The Labute approximate surface area is 112 Å². The lowest BCUT2D eigenvalue weighted by atomic mass is 10.1. The molecule has 0 radical (unpaired) electrons. The number of alkyl halides is 1. The van der Waals surface area contributed by atoms with E-state index in [1.807, 2.05) is 6.92 Å². The summed E-state index contributed by atoms with van der Waals surface area (Å²) in [5, 5.41) is 12.4. The quantitative estimate of drug-likeness (QED) is 0.617. The maximum absolute atomic E-state index is 11.8. The topological polar surface area (TPSA) is 58.6 Å². The number of phenolic OH excluding ortho intramolecular Hbond substituents is 1. The molecule has 0 spiro atoms. The van der Waals surface area contributed by atoms with Crippen molar-refractivity contribution in [2.24, 2.45) is 0 Å². The van der Waals surface area contributed by atoms with Crippen molar-refractivity contribution in [1.29, 1.82) is 0 Å². The smallest absolute Gasteiger partial charge is 0.255 e. The van der Waals surface area contributed by atoms with E-state index in [2.05, 4.69) is 5.32 Å². The second-order valence-electron chi connectivity index (χ2n) is 4.06. The van der Waals surface area contributed by atoms with E-state index in [4.69, 9.17) is 16.3 Å². The summed E-state index contributed by atoms with van der Waals surface area (Å²) in [4.78, 5) is 11.8. The number of hydrogen-bond acceptors (Lipinski definition) is 3. The van der Waals surface area contributed by atoms with Crippen molar-refractivity contribution in [2.75, 3.05) is 13.7 Å². The number of carbonyl (C=O) groups excluding carboxylic acids is 1. The first-order chi connectivity index (χ1) is 8.54. The van der Waals surface area contributed by atoms with E-state index in [1.54, 1.807) is 6.07 Å². The third-order valence-corrected chi connectivity index (χ3v) is 2.73. The van der Waals surface area contributed by atoms with Crippen LogP contribution < -0.4 is 10.1 Å². The summed E-state index contributed by atoms with van der Waals surface area (Å²) >= 11 is 5.81. The zero-order valence-corrected chi connectivity index (χ0v) is 11.3. The minimum atomic E-state index is -0.311. The Morgan fingerprint density at radius 3 is 2.89 bits per heavy atom. The second-order valence-corrected chi connectivity index (χ2v) is 4.81. The van der Waals surface area contributed by atoms with E-state index < -0.39 is 0 Å². The number of phenols is 1. The van der Waals surface area contributed by atoms with Crippen LogP contribution in [0.25, 0.3) is 0 Å². The van der Waals surface area contributed by atoms with Crippen LogP contribution in [0.1, 0.15) is 30.1 Å². The van der Waals surface area contributed by atoms with E-state index in [9.17, 15) is 9.90 Å². The van der Waals surface area contributed by atoms with Crippen molar-refractivity contribution < 1.29 is 14.6 Å². The van der Waals surface area contributed by atoms with Crippen LogP contribution >= 0.6 is 11.6 Å². The van der Waals surface area contributed by atoms with Gasteiger partial charge in [-0.3, -0.25) is 4.79 Å². The van der Waals surface area contributed by atoms with Crippen LogP contribution in [0.3, 0.4) is 0 Å². The highest BCUT2D eigenvalue weighted by atomic mass is 35.5. The van der Waals surface area contributed by atoms with E-state index in [0.29, 0.717) is 12.3 Å². The molecule has 0 fully saturated rings. The van der Waals surface area contributed by atoms with E-state index in [-0.39, 0.29) is 22.6 Å². The standard InChI is InChI=1S/C13H18ClNO3/c1-9(14)4-3-7-15-13(17)11-8-10(18-2)5-6-12(11)16/h5-6,8-9,16H,3-4,7H2,1-2H3,(H,15,17). The van der Waals surface area contributed by atoms with Gasteiger partial charge in [-0.2, -0.15) is 0 Å². The molecule has 1 atom stereocenters. The largest absolute Gasteiger partial charge is 0.507 e. The molecule has 18 heavy (non-hydrogen) atoms. The SMILES string of the molecule is COc1ccc(O)c(C(=O)NCCCC(C)Cl)c1. The Balaban J connectivity index is 2.55. The molecule has 1 aromatic carbocycles. The first-order valence-corrected chi connectivity index (χ1v) is 6.27. The van der Waals surface area contributed by atoms with Crippen molar-refractivity contribution in [3.05, 3.63) is 23.8 Å². The van der Waals surface area contributed by atoms with Crippen LogP contribution in [0.15, 0.2) is 18.2 Å². The minimum Gasteiger partial charge on any atom is -0.507 e. The first-order valence-electron chi connectivity index (χ1n) is 5.84. The van der Waals surface area contributed by atoms with Crippen molar-refractivity contribution in [3.8, 4) is 11.5 Å². The molecule has 1 amide bonds. The average molecular weight is 272 g/mol. The molecule has 1 unspecified atom stereocenters. The van der Waals surface area contributed by atoms with E-state index in [0.717, 1.165) is 12.8 Å². The molecule has 100 valence electrons. The van der Waals surface area contributed by atoms with Crippen LogP contribution in [0.2, 0.25) is 0 Å². The fourth-order valence-corrected chi connectivity index (χ4v) is 1.66. The Bertz CT molecular complexity index is 407. The lowest BCUT2D eigenvalue weighted by Gasteiger charge is -2.08. The Morgan fingerprint density at radius 1 is 1.56 bits per heavy atom. The van der Waals surface area contributed by atoms with Crippen molar-refractivity contribution in [2.45, 2.75) is 25.1 Å². The van der Waals surface area contributed by atoms with Gasteiger partial charge in [0.2, 0.25) is 0 Å². The molecule has 0 aliphatic heterocycles. The molecule has 0 heterocycles. The van der Waals surface area contributed by atoms with Gasteiger partial charge in [0.05, 0.1) is 12.7 Å². The molecule has 0 aliphatic rings. The predicted octanol–water partition coefficient (Wildman–Crippen LogP) is 2.54. The molecule has 1 aromatic rings. The molecule has 0 saturated carbocycles. The van der Waals surface area contributed by atoms with Gasteiger partial charge in [-0.15, -0.1) is 11.6 Å². The molecule has 0 bridgehead atoms. The third kappa shape index (κ3) is 4.45. The van der Waals surface area contributed by atoms with Crippen molar-refractivity contribution in [1.82, 2.24) is 5.32 Å². The summed E-state index contributed by atoms with van der Waals surface area (Å²) in [6.45, 7) is 2.45. The molecule has 0 saturated heterocycles. The maximum atomic E-state index is 11.8. The molecule has 4 nitrogen and oxygen atoms in total. The third-order valence-electron chi connectivity index (χ3n) is 2.51. The molecular formula is C13H18ClNO3.